The summed E-state index contributed by atoms with van der Waals surface area (Å²) in [7, 11) is 1.66. The van der Waals surface area contributed by atoms with Crippen molar-refractivity contribution in [1.29, 1.82) is 0 Å². The van der Waals surface area contributed by atoms with Gasteiger partial charge < -0.3 is 15.4 Å². The van der Waals surface area contributed by atoms with Crippen LogP contribution in [0.3, 0.4) is 0 Å². The van der Waals surface area contributed by atoms with Crippen molar-refractivity contribution in [2.75, 3.05) is 19.0 Å². The van der Waals surface area contributed by atoms with Gasteiger partial charge >= 0.3 is 0 Å². The summed E-state index contributed by atoms with van der Waals surface area (Å²) in [6.45, 7) is 0.772. The number of benzene rings is 2. The van der Waals surface area contributed by atoms with Gasteiger partial charge in [-0.25, -0.2) is 0 Å². The first-order valence-electron chi connectivity index (χ1n) is 6.72. The summed E-state index contributed by atoms with van der Waals surface area (Å²) < 4.78 is 7.33. The molecule has 0 aliphatic heterocycles. The molecule has 3 nitrogen and oxygen atoms in total. The molecule has 0 fully saturated rings. The van der Waals surface area contributed by atoms with Gasteiger partial charge in [-0.3, -0.25) is 0 Å². The molecular weight excluding hydrogens is 475 g/mol. The zero-order valence-corrected chi connectivity index (χ0v) is 16.6. The lowest BCUT2D eigenvalue weighted by Gasteiger charge is -2.12. The quantitative estimate of drug-likeness (QED) is 0.474. The lowest BCUT2D eigenvalue weighted by atomic mass is 10.1. The van der Waals surface area contributed by atoms with Crippen LogP contribution in [0.4, 0.5) is 5.69 Å². The van der Waals surface area contributed by atoms with Gasteiger partial charge in [-0.1, -0.05) is 18.2 Å². The van der Waals surface area contributed by atoms with E-state index in [4.69, 9.17) is 17.0 Å². The average molecular weight is 491 g/mol. The Bertz CT molecular complexity index is 666. The largest absolute Gasteiger partial charge is 0.496 e. The molecular formula is C16H16BrIN2OS. The molecule has 0 saturated heterocycles. The maximum Gasteiger partial charge on any atom is 0.170 e. The molecule has 2 aromatic carbocycles. The highest BCUT2D eigenvalue weighted by molar-refractivity contribution is 14.1. The second-order valence-corrected chi connectivity index (χ2v) is 7.00. The van der Waals surface area contributed by atoms with Crippen molar-refractivity contribution in [3.63, 3.8) is 0 Å². The molecule has 22 heavy (non-hydrogen) atoms. The third-order valence-corrected chi connectivity index (χ3v) is 4.84. The second-order valence-electron chi connectivity index (χ2n) is 4.58. The van der Waals surface area contributed by atoms with Gasteiger partial charge in [-0.2, -0.15) is 0 Å². The van der Waals surface area contributed by atoms with Gasteiger partial charge in [0.05, 0.1) is 17.3 Å². The summed E-state index contributed by atoms with van der Waals surface area (Å²) in [5.41, 5.74) is 2.24. The van der Waals surface area contributed by atoms with E-state index in [9.17, 15) is 0 Å². The van der Waals surface area contributed by atoms with Crippen LogP contribution in [0.2, 0.25) is 0 Å². The minimum atomic E-state index is 0.636. The Morgan fingerprint density at radius 2 is 2.05 bits per heavy atom. The van der Waals surface area contributed by atoms with Crippen LogP contribution in [0.5, 0.6) is 5.75 Å². The van der Waals surface area contributed by atoms with Crippen LogP contribution in [0.1, 0.15) is 5.56 Å². The molecule has 0 unspecified atom stereocenters. The number of rotatable bonds is 5. The van der Waals surface area contributed by atoms with Crippen LogP contribution >= 0.6 is 50.7 Å². The molecule has 2 aromatic rings. The minimum Gasteiger partial charge on any atom is -0.496 e. The number of halogens is 2. The molecule has 0 aliphatic carbocycles. The lowest BCUT2D eigenvalue weighted by Crippen LogP contribution is -2.30. The standard InChI is InChI=1S/C16H16BrIN2OS/c1-21-15-7-6-11(10-12(15)17)8-9-19-16(22)20-14-5-3-2-4-13(14)18/h2-7,10H,8-9H2,1H3,(H2,19,20,22). The van der Waals surface area contributed by atoms with Crippen molar-refractivity contribution in [3.05, 3.63) is 56.1 Å². The first-order chi connectivity index (χ1) is 10.6. The van der Waals surface area contributed by atoms with E-state index in [1.54, 1.807) is 7.11 Å². The molecule has 0 aliphatic rings. The number of nitrogens with one attached hydrogen (secondary N) is 2. The fraction of sp³-hybridized carbons (Fsp3) is 0.188. The fourth-order valence-electron chi connectivity index (χ4n) is 1.91. The first kappa shape index (κ1) is 17.5. The van der Waals surface area contributed by atoms with Crippen molar-refractivity contribution in [2.45, 2.75) is 6.42 Å². The van der Waals surface area contributed by atoms with Gasteiger partial charge in [-0.05, 0) is 87.0 Å². The van der Waals surface area contributed by atoms with Crippen molar-refractivity contribution in [1.82, 2.24) is 5.32 Å². The summed E-state index contributed by atoms with van der Waals surface area (Å²) in [6, 6.07) is 14.1. The molecule has 0 heterocycles. The highest BCUT2D eigenvalue weighted by Crippen LogP contribution is 2.25. The number of anilines is 1. The van der Waals surface area contributed by atoms with Crippen LogP contribution in [-0.2, 0) is 6.42 Å². The molecule has 0 bridgehead atoms. The Labute approximate surface area is 158 Å². The molecule has 2 rings (SSSR count). The van der Waals surface area contributed by atoms with Gasteiger partial charge in [-0.15, -0.1) is 0 Å². The molecule has 0 spiro atoms. The highest BCUT2D eigenvalue weighted by Gasteiger charge is 2.03. The number of hydrogen-bond acceptors (Lipinski definition) is 2. The SMILES string of the molecule is COc1ccc(CCNC(=S)Nc2ccccc2I)cc1Br. The number of methoxy groups -OCH3 is 1. The Hall–Kier alpha value is -0.860. The Kier molecular flexibility index (Phi) is 6.91. The van der Waals surface area contributed by atoms with Crippen molar-refractivity contribution >= 4 is 61.5 Å². The normalized spacial score (nSPS) is 10.1. The second kappa shape index (κ2) is 8.69. The number of thiocarbonyl (C=S) groups is 1. The van der Waals surface area contributed by atoms with Gasteiger partial charge in [0.15, 0.2) is 5.11 Å². The summed E-state index contributed by atoms with van der Waals surface area (Å²) in [5.74, 6) is 0.840. The predicted molar refractivity (Wildman–Crippen MR) is 108 cm³/mol. The lowest BCUT2D eigenvalue weighted by molar-refractivity contribution is 0.412. The van der Waals surface area contributed by atoms with E-state index in [1.165, 1.54) is 5.56 Å². The monoisotopic (exact) mass is 490 g/mol. The smallest absolute Gasteiger partial charge is 0.170 e. The maximum atomic E-state index is 5.32. The third-order valence-electron chi connectivity index (χ3n) is 3.04. The summed E-state index contributed by atoms with van der Waals surface area (Å²) in [5, 5.41) is 7.07. The summed E-state index contributed by atoms with van der Waals surface area (Å²) in [4.78, 5) is 0. The molecule has 0 amide bonds. The average Bonchev–Trinajstić information content (AvgIpc) is 2.50. The van der Waals surface area contributed by atoms with Crippen LogP contribution in [-0.4, -0.2) is 18.8 Å². The van der Waals surface area contributed by atoms with E-state index in [0.717, 1.165) is 32.4 Å². The molecule has 0 saturated carbocycles. The Balaban J connectivity index is 1.82. The van der Waals surface area contributed by atoms with Gasteiger partial charge in [0.2, 0.25) is 0 Å². The van der Waals surface area contributed by atoms with Crippen molar-refractivity contribution in [3.8, 4) is 5.75 Å². The minimum absolute atomic E-state index is 0.636. The van der Waals surface area contributed by atoms with Crippen LogP contribution in [0.15, 0.2) is 46.9 Å². The van der Waals surface area contributed by atoms with E-state index >= 15 is 0 Å². The highest BCUT2D eigenvalue weighted by atomic mass is 127. The van der Waals surface area contributed by atoms with E-state index in [2.05, 4.69) is 61.3 Å². The zero-order valence-electron chi connectivity index (χ0n) is 12.0. The summed E-state index contributed by atoms with van der Waals surface area (Å²) in [6.07, 6.45) is 0.885. The van der Waals surface area contributed by atoms with Crippen LogP contribution < -0.4 is 15.4 Å². The molecule has 0 aromatic heterocycles. The third kappa shape index (κ3) is 5.10. The Morgan fingerprint density at radius 3 is 2.73 bits per heavy atom. The summed E-state index contributed by atoms with van der Waals surface area (Å²) >= 11 is 11.1. The van der Waals surface area contributed by atoms with E-state index in [0.29, 0.717) is 5.11 Å². The number of ether oxygens (including phenoxy) is 1. The first-order valence-corrected chi connectivity index (χ1v) is 9.00. The maximum absolute atomic E-state index is 5.32. The topological polar surface area (TPSA) is 33.3 Å². The predicted octanol–water partition coefficient (Wildman–Crippen LogP) is 4.59. The molecule has 2 N–H and O–H groups in total. The molecule has 116 valence electrons. The van der Waals surface area contributed by atoms with E-state index < -0.39 is 0 Å². The number of para-hydroxylation sites is 1. The van der Waals surface area contributed by atoms with Crippen molar-refractivity contribution < 1.29 is 4.74 Å². The van der Waals surface area contributed by atoms with E-state index in [1.807, 2.05) is 30.3 Å². The zero-order chi connectivity index (χ0) is 15.9. The molecule has 0 radical (unpaired) electrons. The van der Waals surface area contributed by atoms with Gasteiger partial charge in [0, 0.05) is 10.1 Å². The molecule has 6 heteroatoms. The Morgan fingerprint density at radius 1 is 1.27 bits per heavy atom. The van der Waals surface area contributed by atoms with Gasteiger partial charge in [0.25, 0.3) is 0 Å². The fourth-order valence-corrected chi connectivity index (χ4v) is 3.24. The number of hydrogen-bond donors (Lipinski definition) is 2. The van der Waals surface area contributed by atoms with E-state index in [-0.39, 0.29) is 0 Å². The molecule has 0 atom stereocenters. The van der Waals surface area contributed by atoms with Gasteiger partial charge in [0.1, 0.15) is 5.75 Å². The van der Waals surface area contributed by atoms with Crippen molar-refractivity contribution in [2.24, 2.45) is 0 Å². The van der Waals surface area contributed by atoms with Crippen LogP contribution in [0, 0.1) is 3.57 Å². The van der Waals surface area contributed by atoms with Crippen LogP contribution in [0.25, 0.3) is 0 Å².